The zero-order valence-electron chi connectivity index (χ0n) is 15.0. The number of ether oxygens (including phenoxy) is 1. The molecule has 9 nitrogen and oxygen atoms in total. The van der Waals surface area contributed by atoms with Gasteiger partial charge in [0.1, 0.15) is 0 Å². The molecule has 3 aliphatic rings. The fraction of sp³-hybridized carbons (Fsp3) is 0.765. The maximum Gasteiger partial charge on any atom is 0.308 e. The summed E-state index contributed by atoms with van der Waals surface area (Å²) < 4.78 is 27.6. The van der Waals surface area contributed by atoms with E-state index in [1.54, 1.807) is 0 Å². The summed E-state index contributed by atoms with van der Waals surface area (Å²) in [6, 6.07) is -0.454. The number of esters is 1. The van der Waals surface area contributed by atoms with Gasteiger partial charge in [0, 0.05) is 12.6 Å². The van der Waals surface area contributed by atoms with Gasteiger partial charge in [0.25, 0.3) is 5.91 Å². The molecule has 3 atom stereocenters. The molecular weight excluding hydrogens is 376 g/mol. The number of nitrogens with zero attached hydrogens (tertiary/aromatic N) is 1. The van der Waals surface area contributed by atoms with E-state index in [0.29, 0.717) is 19.3 Å². The average Bonchev–Trinajstić information content (AvgIpc) is 3.09. The van der Waals surface area contributed by atoms with Crippen molar-refractivity contribution in [2.75, 3.05) is 24.7 Å². The van der Waals surface area contributed by atoms with Gasteiger partial charge in [-0.25, -0.2) is 8.42 Å². The van der Waals surface area contributed by atoms with E-state index in [-0.39, 0.29) is 48.1 Å². The summed E-state index contributed by atoms with van der Waals surface area (Å²) in [7, 11) is -3.10. The van der Waals surface area contributed by atoms with Gasteiger partial charge in [-0.3, -0.25) is 24.1 Å². The van der Waals surface area contributed by atoms with Crippen LogP contribution in [0.4, 0.5) is 0 Å². The normalized spacial score (nSPS) is 29.5. The number of amides is 3. The number of fused-ring (bicyclic) bond motifs is 1. The first-order chi connectivity index (χ1) is 12.8. The van der Waals surface area contributed by atoms with Crippen molar-refractivity contribution in [3.63, 3.8) is 0 Å². The fourth-order valence-corrected chi connectivity index (χ4v) is 5.72. The van der Waals surface area contributed by atoms with Crippen molar-refractivity contribution >= 4 is 33.5 Å². The molecule has 1 aliphatic carbocycles. The van der Waals surface area contributed by atoms with Gasteiger partial charge in [-0.05, 0) is 19.3 Å². The van der Waals surface area contributed by atoms with E-state index in [0.717, 1.165) is 17.7 Å². The zero-order valence-corrected chi connectivity index (χ0v) is 15.8. The monoisotopic (exact) mass is 400 g/mol. The number of carbonyl (C=O) groups is 4. The lowest BCUT2D eigenvalue weighted by molar-refractivity contribution is -0.150. The zero-order chi connectivity index (χ0) is 19.6. The minimum atomic E-state index is -3.10. The van der Waals surface area contributed by atoms with Crippen molar-refractivity contribution in [3.05, 3.63) is 0 Å². The van der Waals surface area contributed by atoms with Crippen LogP contribution in [-0.4, -0.2) is 67.7 Å². The molecule has 3 rings (SSSR count). The van der Waals surface area contributed by atoms with Gasteiger partial charge in [0.2, 0.25) is 11.8 Å². The standard InChI is InChI=1S/C17H24N2O7S/c20-14(18-11-6-8-27(24,25)10-11)9-26-15(21)5-7-19-16(22)12-3-1-2-4-13(12)17(19)23/h11-13H,1-10H2,(H,18,20)/t11-,12-,13+/m1/s1. The molecule has 1 saturated carbocycles. The van der Waals surface area contributed by atoms with Crippen LogP contribution in [0, 0.1) is 11.8 Å². The topological polar surface area (TPSA) is 127 Å². The third-order valence-electron chi connectivity index (χ3n) is 5.43. The third kappa shape index (κ3) is 4.66. The first-order valence-corrected chi connectivity index (χ1v) is 11.1. The summed E-state index contributed by atoms with van der Waals surface area (Å²) in [4.78, 5) is 49.3. The molecule has 0 aromatic rings. The molecule has 3 fully saturated rings. The lowest BCUT2D eigenvalue weighted by atomic mass is 9.81. The molecule has 0 unspecified atom stereocenters. The SMILES string of the molecule is O=C(COC(=O)CCN1C(=O)[C@H]2CCCC[C@H]2C1=O)N[C@@H]1CCS(=O)(=O)C1. The van der Waals surface area contributed by atoms with Gasteiger partial charge >= 0.3 is 5.97 Å². The molecule has 0 bridgehead atoms. The first-order valence-electron chi connectivity index (χ1n) is 9.27. The number of sulfone groups is 1. The number of hydrogen-bond donors (Lipinski definition) is 1. The lowest BCUT2D eigenvalue weighted by Crippen LogP contribution is -2.38. The van der Waals surface area contributed by atoms with Gasteiger partial charge in [0.05, 0.1) is 29.8 Å². The highest BCUT2D eigenvalue weighted by molar-refractivity contribution is 7.91. The summed E-state index contributed by atoms with van der Waals surface area (Å²) in [5, 5.41) is 2.52. The second kappa shape index (κ2) is 7.95. The fourth-order valence-electron chi connectivity index (χ4n) is 4.05. The summed E-state index contributed by atoms with van der Waals surface area (Å²) >= 11 is 0. The Balaban J connectivity index is 1.39. The van der Waals surface area contributed by atoms with Gasteiger partial charge in [0.15, 0.2) is 16.4 Å². The largest absolute Gasteiger partial charge is 0.456 e. The third-order valence-corrected chi connectivity index (χ3v) is 7.20. The Morgan fingerprint density at radius 3 is 2.26 bits per heavy atom. The van der Waals surface area contributed by atoms with Crippen molar-refractivity contribution in [2.45, 2.75) is 44.6 Å². The van der Waals surface area contributed by atoms with Gasteiger partial charge in [-0.1, -0.05) is 12.8 Å². The Morgan fingerprint density at radius 1 is 1.07 bits per heavy atom. The molecule has 3 amide bonds. The highest BCUT2D eigenvalue weighted by Crippen LogP contribution is 2.37. The summed E-state index contributed by atoms with van der Waals surface area (Å²) in [5.74, 6) is -2.24. The number of likely N-dealkylation sites (tertiary alicyclic amines) is 1. The van der Waals surface area contributed by atoms with Crippen molar-refractivity contribution < 1.29 is 32.3 Å². The molecule has 2 heterocycles. The van der Waals surface area contributed by atoms with Crippen LogP contribution < -0.4 is 5.32 Å². The van der Waals surface area contributed by atoms with Crippen LogP contribution in [0.15, 0.2) is 0 Å². The summed E-state index contributed by atoms with van der Waals surface area (Å²) in [6.07, 6.45) is 3.49. The van der Waals surface area contributed by atoms with E-state index >= 15 is 0 Å². The van der Waals surface area contributed by atoms with Crippen LogP contribution in [0.25, 0.3) is 0 Å². The Kier molecular flexibility index (Phi) is 5.83. The summed E-state index contributed by atoms with van der Waals surface area (Å²) in [6.45, 7) is -0.547. The van der Waals surface area contributed by atoms with Crippen LogP contribution >= 0.6 is 0 Å². The molecular formula is C17H24N2O7S. The second-order valence-corrected chi connectivity index (χ2v) is 9.63. The van der Waals surface area contributed by atoms with Crippen LogP contribution in [0.2, 0.25) is 0 Å². The maximum atomic E-state index is 12.3. The molecule has 0 radical (unpaired) electrons. The van der Waals surface area contributed by atoms with E-state index in [1.165, 1.54) is 0 Å². The molecule has 27 heavy (non-hydrogen) atoms. The van der Waals surface area contributed by atoms with Crippen molar-refractivity contribution in [1.82, 2.24) is 10.2 Å². The van der Waals surface area contributed by atoms with E-state index < -0.39 is 34.4 Å². The summed E-state index contributed by atoms with van der Waals surface area (Å²) in [5.41, 5.74) is 0. The molecule has 0 aromatic carbocycles. The van der Waals surface area contributed by atoms with Crippen molar-refractivity contribution in [1.29, 1.82) is 0 Å². The average molecular weight is 400 g/mol. The van der Waals surface area contributed by atoms with E-state index in [9.17, 15) is 27.6 Å². The van der Waals surface area contributed by atoms with E-state index in [2.05, 4.69) is 5.32 Å². The van der Waals surface area contributed by atoms with Gasteiger partial charge in [-0.15, -0.1) is 0 Å². The van der Waals surface area contributed by atoms with E-state index in [1.807, 2.05) is 0 Å². The molecule has 10 heteroatoms. The molecule has 1 N–H and O–H groups in total. The highest BCUT2D eigenvalue weighted by atomic mass is 32.2. The second-order valence-electron chi connectivity index (χ2n) is 7.40. The predicted octanol–water partition coefficient (Wildman–Crippen LogP) is -0.602. The Morgan fingerprint density at radius 2 is 1.70 bits per heavy atom. The number of imide groups is 1. The van der Waals surface area contributed by atoms with Crippen LogP contribution in [0.5, 0.6) is 0 Å². The molecule has 150 valence electrons. The Bertz CT molecular complexity index is 724. The first kappa shape index (κ1) is 19.8. The van der Waals surface area contributed by atoms with Crippen molar-refractivity contribution in [3.8, 4) is 0 Å². The van der Waals surface area contributed by atoms with Crippen LogP contribution in [0.3, 0.4) is 0 Å². The number of carbonyl (C=O) groups excluding carboxylic acids is 4. The van der Waals surface area contributed by atoms with Crippen LogP contribution in [0.1, 0.15) is 38.5 Å². The number of hydrogen-bond acceptors (Lipinski definition) is 7. The highest BCUT2D eigenvalue weighted by Gasteiger charge is 2.47. The van der Waals surface area contributed by atoms with Gasteiger partial charge in [-0.2, -0.15) is 0 Å². The predicted molar refractivity (Wildman–Crippen MR) is 92.9 cm³/mol. The number of rotatable bonds is 6. The minimum Gasteiger partial charge on any atom is -0.456 e. The minimum absolute atomic E-state index is 0.0357. The van der Waals surface area contributed by atoms with Gasteiger partial charge < -0.3 is 10.1 Å². The molecule has 2 saturated heterocycles. The lowest BCUT2D eigenvalue weighted by Gasteiger charge is -2.19. The molecule has 0 spiro atoms. The molecule has 0 aromatic heterocycles. The quantitative estimate of drug-likeness (QED) is 0.466. The number of nitrogens with one attached hydrogen (secondary N) is 1. The van der Waals surface area contributed by atoms with Crippen LogP contribution in [-0.2, 0) is 33.8 Å². The Hall–Kier alpha value is -1.97. The van der Waals surface area contributed by atoms with Crippen molar-refractivity contribution in [2.24, 2.45) is 11.8 Å². The maximum absolute atomic E-state index is 12.3. The molecule has 2 aliphatic heterocycles. The Labute approximate surface area is 157 Å². The smallest absolute Gasteiger partial charge is 0.308 e. The van der Waals surface area contributed by atoms with E-state index in [4.69, 9.17) is 4.74 Å².